The van der Waals surface area contributed by atoms with Crippen molar-refractivity contribution in [3.63, 3.8) is 0 Å². The smallest absolute Gasteiger partial charge is 0.146 e. The minimum atomic E-state index is -0.226. The summed E-state index contributed by atoms with van der Waals surface area (Å²) in [7, 11) is 1.68. The van der Waals surface area contributed by atoms with E-state index >= 15 is 0 Å². The Morgan fingerprint density at radius 3 is 2.48 bits per heavy atom. The molecule has 2 aliphatic heterocycles. The van der Waals surface area contributed by atoms with E-state index in [4.69, 9.17) is 14.2 Å². The molecule has 3 aromatic carbocycles. The average Bonchev–Trinajstić information content (AvgIpc) is 3.37. The van der Waals surface area contributed by atoms with Gasteiger partial charge in [-0.2, -0.15) is 5.26 Å². The first-order valence-electron chi connectivity index (χ1n) is 14.0. The summed E-state index contributed by atoms with van der Waals surface area (Å²) in [6.45, 7) is 4.70. The molecule has 5 rings (SSSR count). The third kappa shape index (κ3) is 6.51. The Kier molecular flexibility index (Phi) is 8.75. The second-order valence-corrected chi connectivity index (χ2v) is 10.3. The van der Waals surface area contributed by atoms with Crippen molar-refractivity contribution in [2.45, 2.75) is 44.8 Å². The number of nitrogens with zero attached hydrogens (tertiary/aromatic N) is 3. The van der Waals surface area contributed by atoms with Gasteiger partial charge in [-0.15, -0.1) is 0 Å². The highest BCUT2D eigenvalue weighted by atomic mass is 19.1. The van der Waals surface area contributed by atoms with E-state index < -0.39 is 0 Å². The van der Waals surface area contributed by atoms with E-state index in [1.165, 1.54) is 17.2 Å². The lowest BCUT2D eigenvalue weighted by molar-refractivity contribution is 0.170. The van der Waals surface area contributed by atoms with E-state index in [2.05, 4.69) is 46.2 Å². The van der Waals surface area contributed by atoms with Crippen LogP contribution in [0.4, 0.5) is 15.8 Å². The minimum absolute atomic E-state index is 0.0447. The molecule has 6 nitrogen and oxygen atoms in total. The monoisotopic (exact) mass is 541 g/mol. The number of anilines is 2. The molecule has 0 amide bonds. The van der Waals surface area contributed by atoms with E-state index in [1.807, 2.05) is 31.2 Å². The van der Waals surface area contributed by atoms with E-state index in [-0.39, 0.29) is 18.0 Å². The van der Waals surface area contributed by atoms with Crippen LogP contribution in [0.3, 0.4) is 0 Å². The number of rotatable bonds is 10. The van der Waals surface area contributed by atoms with Crippen LogP contribution in [0.2, 0.25) is 0 Å². The van der Waals surface area contributed by atoms with Gasteiger partial charge in [0.05, 0.1) is 37.9 Å². The van der Waals surface area contributed by atoms with Crippen molar-refractivity contribution in [1.82, 2.24) is 0 Å². The molecule has 0 unspecified atom stereocenters. The second kappa shape index (κ2) is 12.8. The third-order valence-corrected chi connectivity index (χ3v) is 7.55. The predicted molar refractivity (Wildman–Crippen MR) is 156 cm³/mol. The quantitative estimate of drug-likeness (QED) is 0.271. The van der Waals surface area contributed by atoms with E-state index in [0.29, 0.717) is 24.5 Å². The summed E-state index contributed by atoms with van der Waals surface area (Å²) in [5, 5.41) is 9.43. The number of hydrogen-bond donors (Lipinski definition) is 0. The van der Waals surface area contributed by atoms with E-state index in [0.717, 1.165) is 56.1 Å². The van der Waals surface area contributed by atoms with Gasteiger partial charge in [0, 0.05) is 44.2 Å². The van der Waals surface area contributed by atoms with Gasteiger partial charge in [-0.3, -0.25) is 0 Å². The van der Waals surface area contributed by atoms with Gasteiger partial charge in [-0.25, -0.2) is 4.39 Å². The fraction of sp³-hybridized carbons (Fsp3) is 0.364. The van der Waals surface area contributed by atoms with Gasteiger partial charge in [-0.05, 0) is 73.0 Å². The van der Waals surface area contributed by atoms with Crippen LogP contribution in [0.25, 0.3) is 0 Å². The van der Waals surface area contributed by atoms with Gasteiger partial charge >= 0.3 is 0 Å². The molecular weight excluding hydrogens is 505 g/mol. The molecule has 7 heteroatoms. The first kappa shape index (κ1) is 27.4. The van der Waals surface area contributed by atoms with Crippen molar-refractivity contribution in [2.75, 3.05) is 43.2 Å². The first-order valence-corrected chi connectivity index (χ1v) is 14.0. The maximum Gasteiger partial charge on any atom is 0.146 e. The summed E-state index contributed by atoms with van der Waals surface area (Å²) in [5.74, 6) is 2.14. The Hall–Kier alpha value is -4.18. The normalized spacial score (nSPS) is 17.4. The molecule has 3 aromatic rings. The summed E-state index contributed by atoms with van der Waals surface area (Å²) in [4.78, 5) is 4.35. The molecule has 1 saturated heterocycles. The molecule has 2 heterocycles. The highest BCUT2D eigenvalue weighted by molar-refractivity contribution is 5.55. The minimum Gasteiger partial charge on any atom is -0.497 e. The Balaban J connectivity index is 1.17. The van der Waals surface area contributed by atoms with Crippen LogP contribution in [-0.4, -0.2) is 45.5 Å². The van der Waals surface area contributed by atoms with Crippen molar-refractivity contribution in [1.29, 1.82) is 5.26 Å². The molecule has 0 saturated carbocycles. The number of benzene rings is 3. The van der Waals surface area contributed by atoms with Crippen molar-refractivity contribution in [3.05, 3.63) is 89.8 Å². The van der Waals surface area contributed by atoms with Gasteiger partial charge < -0.3 is 24.0 Å². The predicted octanol–water partition coefficient (Wildman–Crippen LogP) is 6.55. The summed E-state index contributed by atoms with van der Waals surface area (Å²) < 4.78 is 31.7. The Morgan fingerprint density at radius 2 is 1.75 bits per heavy atom. The molecule has 0 spiro atoms. The SMILES string of the molecule is CCOc1ccc(F)c(N2CCC(Oc3ccc(N4CC(Cc5cccc(OC)c5)=C[C@@H]4CC#N)cc3)CC2)c1. The zero-order valence-corrected chi connectivity index (χ0v) is 23.2. The van der Waals surface area contributed by atoms with Crippen molar-refractivity contribution in [2.24, 2.45) is 0 Å². The van der Waals surface area contributed by atoms with Crippen LogP contribution in [0, 0.1) is 17.1 Å². The highest BCUT2D eigenvalue weighted by Gasteiger charge is 2.26. The molecule has 0 N–H and O–H groups in total. The molecule has 208 valence electrons. The summed E-state index contributed by atoms with van der Waals surface area (Å²) >= 11 is 0. The van der Waals surface area contributed by atoms with Crippen molar-refractivity contribution in [3.8, 4) is 23.3 Å². The Bertz CT molecular complexity index is 1360. The standard InChI is InChI=1S/C33H36FN3O3/c1-3-39-31-11-12-32(34)33(22-31)36-17-14-29(15-18-36)40-28-9-7-26(8-10-28)37-23-25(20-27(37)13-16-35)19-24-5-4-6-30(21-24)38-2/h4-12,20-22,27,29H,3,13-15,17-19,23H2,1-2H3/t27-/m0/s1. The summed E-state index contributed by atoms with van der Waals surface area (Å²) in [5.41, 5.74) is 4.15. The van der Waals surface area contributed by atoms with Gasteiger partial charge in [0.1, 0.15) is 29.2 Å². The van der Waals surface area contributed by atoms with Gasteiger partial charge in [0.2, 0.25) is 0 Å². The van der Waals surface area contributed by atoms with Crippen LogP contribution < -0.4 is 24.0 Å². The zero-order chi connectivity index (χ0) is 27.9. The summed E-state index contributed by atoms with van der Waals surface area (Å²) in [6.07, 6.45) is 5.20. The third-order valence-electron chi connectivity index (χ3n) is 7.55. The number of ether oxygens (including phenoxy) is 3. The van der Waals surface area contributed by atoms with Crippen LogP contribution in [0.5, 0.6) is 17.2 Å². The number of piperidine rings is 1. The number of nitriles is 1. The van der Waals surface area contributed by atoms with Crippen LogP contribution >= 0.6 is 0 Å². The molecule has 0 aromatic heterocycles. The lowest BCUT2D eigenvalue weighted by atomic mass is 10.0. The fourth-order valence-electron chi connectivity index (χ4n) is 5.57. The van der Waals surface area contributed by atoms with E-state index in [1.54, 1.807) is 19.2 Å². The summed E-state index contributed by atoms with van der Waals surface area (Å²) in [6, 6.07) is 23.6. The van der Waals surface area contributed by atoms with Gasteiger partial charge in [0.25, 0.3) is 0 Å². The molecule has 40 heavy (non-hydrogen) atoms. The highest BCUT2D eigenvalue weighted by Crippen LogP contribution is 2.32. The van der Waals surface area contributed by atoms with Crippen molar-refractivity contribution < 1.29 is 18.6 Å². The molecule has 0 radical (unpaired) electrons. The topological polar surface area (TPSA) is 58.0 Å². The Morgan fingerprint density at radius 1 is 0.975 bits per heavy atom. The first-order chi connectivity index (χ1) is 19.6. The lowest BCUT2D eigenvalue weighted by Gasteiger charge is -2.34. The molecule has 0 aliphatic carbocycles. The number of methoxy groups -OCH3 is 1. The van der Waals surface area contributed by atoms with Crippen molar-refractivity contribution >= 4 is 11.4 Å². The maximum absolute atomic E-state index is 14.5. The average molecular weight is 542 g/mol. The number of halogens is 1. The molecule has 1 atom stereocenters. The maximum atomic E-state index is 14.5. The second-order valence-electron chi connectivity index (χ2n) is 10.3. The number of hydrogen-bond acceptors (Lipinski definition) is 6. The van der Waals surface area contributed by atoms with E-state index in [9.17, 15) is 9.65 Å². The molecule has 1 fully saturated rings. The van der Waals surface area contributed by atoms with Gasteiger partial charge in [-0.1, -0.05) is 18.2 Å². The van der Waals surface area contributed by atoms with Gasteiger partial charge in [0.15, 0.2) is 0 Å². The Labute approximate surface area is 236 Å². The lowest BCUT2D eigenvalue weighted by Crippen LogP contribution is -2.38. The fourth-order valence-corrected chi connectivity index (χ4v) is 5.57. The van der Waals surface area contributed by atoms with Crippen LogP contribution in [0.15, 0.2) is 78.4 Å². The molecule has 0 bridgehead atoms. The van der Waals surface area contributed by atoms with Crippen LogP contribution in [0.1, 0.15) is 31.7 Å². The molecule has 2 aliphatic rings. The zero-order valence-electron chi connectivity index (χ0n) is 23.2. The molecular formula is C33H36FN3O3. The van der Waals surface area contributed by atoms with Crippen LogP contribution in [-0.2, 0) is 6.42 Å². The largest absolute Gasteiger partial charge is 0.497 e.